The number of hydrogen-bond donors (Lipinski definition) is 2. The molecule has 2 aromatic rings. The number of alkyl halides is 2. The third kappa shape index (κ3) is 3.65. The highest BCUT2D eigenvalue weighted by molar-refractivity contribution is 7.18. The normalized spacial score (nSPS) is 10.8. The van der Waals surface area contributed by atoms with Crippen molar-refractivity contribution in [1.29, 1.82) is 0 Å². The van der Waals surface area contributed by atoms with Crippen molar-refractivity contribution >= 4 is 34.1 Å². The van der Waals surface area contributed by atoms with Gasteiger partial charge in [0.05, 0.1) is 17.0 Å². The Balaban J connectivity index is 2.42. The molecule has 2 rings (SSSR count). The van der Waals surface area contributed by atoms with Crippen molar-refractivity contribution in [2.45, 2.75) is 20.4 Å². The molecule has 134 valence electrons. The molecule has 2 heterocycles. The van der Waals surface area contributed by atoms with Crippen LogP contribution in [0.25, 0.3) is 0 Å². The van der Waals surface area contributed by atoms with Gasteiger partial charge >= 0.3 is 12.5 Å². The molecule has 0 saturated carbocycles. The molecule has 11 heteroatoms. The predicted molar refractivity (Wildman–Crippen MR) is 85.0 cm³/mol. The number of anilines is 1. The Morgan fingerprint density at radius 3 is 2.68 bits per heavy atom. The summed E-state index contributed by atoms with van der Waals surface area (Å²) in [6.07, 6.45) is 1.04. The first kappa shape index (κ1) is 18.5. The van der Waals surface area contributed by atoms with Gasteiger partial charge in [0, 0.05) is 6.20 Å². The minimum atomic E-state index is -3.01. The van der Waals surface area contributed by atoms with Crippen molar-refractivity contribution in [3.05, 3.63) is 34.0 Å². The zero-order valence-electron chi connectivity index (χ0n) is 13.2. The van der Waals surface area contributed by atoms with E-state index in [-0.39, 0.29) is 32.3 Å². The van der Waals surface area contributed by atoms with E-state index in [0.717, 1.165) is 23.6 Å². The second-order valence-electron chi connectivity index (χ2n) is 4.74. The molecule has 2 amide bonds. The fourth-order valence-corrected chi connectivity index (χ4v) is 3.14. The van der Waals surface area contributed by atoms with Crippen molar-refractivity contribution in [1.82, 2.24) is 9.78 Å². The smallest absolute Gasteiger partial charge is 0.341 e. The summed E-state index contributed by atoms with van der Waals surface area (Å²) in [7, 11) is 0. The summed E-state index contributed by atoms with van der Waals surface area (Å²) in [6.45, 7) is 0.133. The molecule has 8 nitrogen and oxygen atoms in total. The standard InChI is InChI=1S/C14H14F2N4O4S/c1-3-24-13(23)8-6(2)9(10(17)21)25-12(8)19-11(22)7-4-5-18-20(7)14(15)16/h4-5,14H,3H2,1-2H3,(H2,17,21)(H,19,22). The fourth-order valence-electron chi connectivity index (χ4n) is 2.10. The van der Waals surface area contributed by atoms with Crippen LogP contribution in [-0.2, 0) is 4.74 Å². The van der Waals surface area contributed by atoms with Crippen LogP contribution in [0.2, 0.25) is 0 Å². The average molecular weight is 372 g/mol. The van der Waals surface area contributed by atoms with E-state index in [1.54, 1.807) is 6.92 Å². The van der Waals surface area contributed by atoms with Gasteiger partial charge in [-0.05, 0) is 25.5 Å². The number of hydrogen-bond acceptors (Lipinski definition) is 6. The molecular formula is C14H14F2N4O4S. The van der Waals surface area contributed by atoms with E-state index in [1.165, 1.54) is 6.92 Å². The lowest BCUT2D eigenvalue weighted by Gasteiger charge is -2.08. The lowest BCUT2D eigenvalue weighted by Crippen LogP contribution is -2.19. The highest BCUT2D eigenvalue weighted by atomic mass is 32.1. The van der Waals surface area contributed by atoms with E-state index in [2.05, 4.69) is 10.4 Å². The van der Waals surface area contributed by atoms with Gasteiger partial charge in [0.25, 0.3) is 11.8 Å². The van der Waals surface area contributed by atoms with Gasteiger partial charge in [-0.1, -0.05) is 0 Å². The minimum Gasteiger partial charge on any atom is -0.462 e. The molecule has 0 saturated heterocycles. The molecule has 25 heavy (non-hydrogen) atoms. The van der Waals surface area contributed by atoms with Crippen LogP contribution in [0.1, 0.15) is 49.6 Å². The molecule has 3 N–H and O–H groups in total. The molecule has 2 aromatic heterocycles. The summed E-state index contributed by atoms with van der Waals surface area (Å²) < 4.78 is 30.8. The fraction of sp³-hybridized carbons (Fsp3) is 0.286. The van der Waals surface area contributed by atoms with Crippen LogP contribution in [0.5, 0.6) is 0 Å². The van der Waals surface area contributed by atoms with Crippen LogP contribution in [0.3, 0.4) is 0 Å². The molecule has 0 aromatic carbocycles. The Bertz CT molecular complexity index is 831. The van der Waals surface area contributed by atoms with Gasteiger partial charge in [-0.15, -0.1) is 11.3 Å². The topological polar surface area (TPSA) is 116 Å². The Morgan fingerprint density at radius 2 is 2.12 bits per heavy atom. The second-order valence-corrected chi connectivity index (χ2v) is 5.76. The molecule has 0 fully saturated rings. The van der Waals surface area contributed by atoms with Crippen molar-refractivity contribution in [3.8, 4) is 0 Å². The van der Waals surface area contributed by atoms with Gasteiger partial charge in [0.15, 0.2) is 0 Å². The number of esters is 1. The third-order valence-corrected chi connectivity index (χ3v) is 4.39. The van der Waals surface area contributed by atoms with Gasteiger partial charge in [-0.3, -0.25) is 9.59 Å². The Hall–Kier alpha value is -2.82. The van der Waals surface area contributed by atoms with Crippen LogP contribution < -0.4 is 11.1 Å². The van der Waals surface area contributed by atoms with Gasteiger partial charge < -0.3 is 15.8 Å². The van der Waals surface area contributed by atoms with Crippen molar-refractivity contribution in [3.63, 3.8) is 0 Å². The Labute approximate surface area is 144 Å². The lowest BCUT2D eigenvalue weighted by molar-refractivity contribution is 0.0516. The number of aromatic nitrogens is 2. The Morgan fingerprint density at radius 1 is 1.44 bits per heavy atom. The SMILES string of the molecule is CCOC(=O)c1c(NC(=O)c2ccnn2C(F)F)sc(C(N)=O)c1C. The van der Waals surface area contributed by atoms with Crippen LogP contribution in [0.4, 0.5) is 13.8 Å². The van der Waals surface area contributed by atoms with Gasteiger partial charge in [0.1, 0.15) is 10.7 Å². The Kier molecular flexibility index (Phi) is 5.47. The maximum Gasteiger partial charge on any atom is 0.341 e. The van der Waals surface area contributed by atoms with Crippen LogP contribution in [0, 0.1) is 6.92 Å². The summed E-state index contributed by atoms with van der Waals surface area (Å²) in [6, 6.07) is 1.10. The molecule has 0 radical (unpaired) electrons. The monoisotopic (exact) mass is 372 g/mol. The minimum absolute atomic E-state index is 0.0169. The second kappa shape index (κ2) is 7.38. The van der Waals surface area contributed by atoms with Crippen molar-refractivity contribution in [2.24, 2.45) is 5.73 Å². The van der Waals surface area contributed by atoms with E-state index in [0.29, 0.717) is 0 Å². The number of nitrogens with one attached hydrogen (secondary N) is 1. The third-order valence-electron chi connectivity index (χ3n) is 3.16. The summed E-state index contributed by atoms with van der Waals surface area (Å²) in [4.78, 5) is 35.9. The zero-order valence-corrected chi connectivity index (χ0v) is 14.0. The molecule has 0 aliphatic carbocycles. The molecular weight excluding hydrogens is 358 g/mol. The van der Waals surface area contributed by atoms with Crippen molar-refractivity contribution in [2.75, 3.05) is 11.9 Å². The molecule has 0 unspecified atom stereocenters. The molecule has 0 atom stereocenters. The first-order valence-electron chi connectivity index (χ1n) is 7.01. The van der Waals surface area contributed by atoms with E-state index in [4.69, 9.17) is 10.5 Å². The highest BCUT2D eigenvalue weighted by Gasteiger charge is 2.27. The maximum atomic E-state index is 12.8. The number of primary amides is 1. The van der Waals surface area contributed by atoms with Crippen LogP contribution in [0.15, 0.2) is 12.3 Å². The van der Waals surface area contributed by atoms with Crippen LogP contribution >= 0.6 is 11.3 Å². The predicted octanol–water partition coefficient (Wildman–Crippen LogP) is 2.18. The number of halogens is 2. The highest BCUT2D eigenvalue weighted by Crippen LogP contribution is 2.34. The lowest BCUT2D eigenvalue weighted by atomic mass is 10.1. The first-order valence-corrected chi connectivity index (χ1v) is 7.82. The summed E-state index contributed by atoms with van der Waals surface area (Å²) in [5, 5.41) is 5.68. The molecule has 0 aliphatic rings. The number of nitrogens with zero attached hydrogens (tertiary/aromatic N) is 2. The van der Waals surface area contributed by atoms with Gasteiger partial charge in [0.2, 0.25) is 0 Å². The zero-order chi connectivity index (χ0) is 18.7. The number of carbonyl (C=O) groups excluding carboxylic acids is 3. The molecule has 0 bridgehead atoms. The maximum absolute atomic E-state index is 12.8. The van der Waals surface area contributed by atoms with Gasteiger partial charge in [-0.25, -0.2) is 4.79 Å². The van der Waals surface area contributed by atoms with Crippen molar-refractivity contribution < 1.29 is 27.9 Å². The van der Waals surface area contributed by atoms with Crippen LogP contribution in [-0.4, -0.2) is 34.2 Å². The number of nitrogens with two attached hydrogens (primary N) is 1. The number of rotatable bonds is 6. The quantitative estimate of drug-likeness (QED) is 0.754. The molecule has 0 aliphatic heterocycles. The average Bonchev–Trinajstić information content (AvgIpc) is 3.12. The number of ether oxygens (including phenoxy) is 1. The van der Waals surface area contributed by atoms with E-state index in [9.17, 15) is 23.2 Å². The number of amides is 2. The summed E-state index contributed by atoms with van der Waals surface area (Å²) in [5.74, 6) is -2.46. The van der Waals surface area contributed by atoms with E-state index in [1.807, 2.05) is 0 Å². The van der Waals surface area contributed by atoms with Gasteiger partial charge in [-0.2, -0.15) is 18.6 Å². The summed E-state index contributed by atoms with van der Waals surface area (Å²) >= 11 is 0.764. The number of carbonyl (C=O) groups is 3. The molecule has 0 spiro atoms. The van der Waals surface area contributed by atoms with E-state index >= 15 is 0 Å². The van der Waals surface area contributed by atoms with E-state index < -0.39 is 30.0 Å². The largest absolute Gasteiger partial charge is 0.462 e. The first-order chi connectivity index (χ1) is 11.8. The number of thiophene rings is 1. The summed E-state index contributed by atoms with van der Waals surface area (Å²) in [5.41, 5.74) is 5.05.